The van der Waals surface area contributed by atoms with E-state index in [-0.39, 0.29) is 0 Å². The van der Waals surface area contributed by atoms with Crippen LogP contribution in [0.3, 0.4) is 0 Å². The van der Waals surface area contributed by atoms with Gasteiger partial charge < -0.3 is 9.26 Å². The number of benzene rings is 2. The van der Waals surface area contributed by atoms with Crippen LogP contribution < -0.4 is 4.74 Å². The van der Waals surface area contributed by atoms with Gasteiger partial charge in [0.05, 0.1) is 6.61 Å². The topological polar surface area (TPSA) is 64.3 Å². The third-order valence-corrected chi connectivity index (χ3v) is 6.44. The van der Waals surface area contributed by atoms with Crippen molar-refractivity contribution in [3.63, 3.8) is 0 Å². The van der Waals surface area contributed by atoms with Crippen molar-refractivity contribution < 1.29 is 9.26 Å². The lowest BCUT2D eigenvalue weighted by Gasteiger charge is -2.31. The minimum Gasteiger partial charge on any atom is -0.493 e. The number of rotatable bonds is 7. The molecule has 0 bridgehead atoms. The van der Waals surface area contributed by atoms with Gasteiger partial charge in [-0.05, 0) is 86.8 Å². The van der Waals surface area contributed by atoms with Crippen LogP contribution >= 0.6 is 11.6 Å². The van der Waals surface area contributed by atoms with Gasteiger partial charge >= 0.3 is 0 Å². The van der Waals surface area contributed by atoms with Gasteiger partial charge in [-0.3, -0.25) is 9.88 Å². The van der Waals surface area contributed by atoms with E-state index in [2.05, 4.69) is 32.2 Å². The Bertz CT molecular complexity index is 1220. The zero-order valence-corrected chi connectivity index (χ0v) is 19.9. The Balaban J connectivity index is 1.14. The summed E-state index contributed by atoms with van der Waals surface area (Å²) in [6, 6.07) is 19.8. The molecule has 6 nitrogen and oxygen atoms in total. The maximum Gasteiger partial charge on any atom is 0.258 e. The zero-order chi connectivity index (χ0) is 23.3. The van der Waals surface area contributed by atoms with Crippen molar-refractivity contribution in [2.75, 3.05) is 19.7 Å². The lowest BCUT2D eigenvalue weighted by atomic mass is 9.97. The molecule has 7 heteroatoms. The molecule has 3 heterocycles. The van der Waals surface area contributed by atoms with Crippen LogP contribution in [0.4, 0.5) is 0 Å². The molecule has 0 saturated carbocycles. The van der Waals surface area contributed by atoms with E-state index in [4.69, 9.17) is 20.9 Å². The number of aryl methyl sites for hydroxylation is 1. The highest BCUT2D eigenvalue weighted by atomic mass is 35.5. The fourth-order valence-electron chi connectivity index (χ4n) is 4.15. The summed E-state index contributed by atoms with van der Waals surface area (Å²) in [5.74, 6) is 2.36. The molecule has 1 saturated heterocycles. The molecule has 0 unspecified atom stereocenters. The standard InChI is InChI=1S/C27H27ClN4O2/c1-19-5-8-23(16-29-19)26-30-27(34-31-26)22-3-2-4-25(15-22)33-18-21-11-13-32(14-12-21)17-20-6-9-24(28)10-7-20/h2-10,15-16,21H,11-14,17-18H2,1H3. The molecule has 5 rings (SSSR count). The van der Waals surface area contributed by atoms with E-state index in [1.165, 1.54) is 5.56 Å². The number of pyridine rings is 1. The predicted octanol–water partition coefficient (Wildman–Crippen LogP) is 6.05. The molecular formula is C27H27ClN4O2. The van der Waals surface area contributed by atoms with E-state index >= 15 is 0 Å². The second-order valence-electron chi connectivity index (χ2n) is 8.80. The number of piperidine rings is 1. The summed E-state index contributed by atoms with van der Waals surface area (Å²) in [5, 5.41) is 4.89. The first kappa shape index (κ1) is 22.6. The van der Waals surface area contributed by atoms with Crippen LogP contribution in [-0.4, -0.2) is 39.7 Å². The molecule has 0 aliphatic carbocycles. The van der Waals surface area contributed by atoms with Crippen LogP contribution in [0.5, 0.6) is 5.75 Å². The minimum absolute atomic E-state index is 0.469. The summed E-state index contributed by atoms with van der Waals surface area (Å²) in [7, 11) is 0. The fourth-order valence-corrected chi connectivity index (χ4v) is 4.28. The summed E-state index contributed by atoms with van der Waals surface area (Å²) in [6.07, 6.45) is 4.01. The molecule has 174 valence electrons. The van der Waals surface area contributed by atoms with Crippen LogP contribution in [0.15, 0.2) is 71.4 Å². The molecule has 2 aromatic carbocycles. The molecule has 1 fully saturated rings. The van der Waals surface area contributed by atoms with E-state index in [9.17, 15) is 0 Å². The maximum absolute atomic E-state index is 6.15. The maximum atomic E-state index is 6.15. The van der Waals surface area contributed by atoms with Gasteiger partial charge in [-0.15, -0.1) is 0 Å². The highest BCUT2D eigenvalue weighted by Crippen LogP contribution is 2.26. The number of halogens is 1. The van der Waals surface area contributed by atoms with E-state index in [1.807, 2.05) is 55.5 Å². The average molecular weight is 475 g/mol. The minimum atomic E-state index is 0.469. The first-order valence-electron chi connectivity index (χ1n) is 11.6. The second kappa shape index (κ2) is 10.4. The highest BCUT2D eigenvalue weighted by Gasteiger charge is 2.20. The third-order valence-electron chi connectivity index (χ3n) is 6.19. The van der Waals surface area contributed by atoms with Gasteiger partial charge in [-0.1, -0.05) is 35.0 Å². The van der Waals surface area contributed by atoms with Crippen molar-refractivity contribution in [1.82, 2.24) is 20.0 Å². The van der Waals surface area contributed by atoms with Gasteiger partial charge in [0, 0.05) is 34.6 Å². The van der Waals surface area contributed by atoms with Crippen molar-refractivity contribution >= 4 is 11.6 Å². The Morgan fingerprint density at radius 2 is 1.85 bits per heavy atom. The molecule has 0 atom stereocenters. The first-order chi connectivity index (χ1) is 16.6. The van der Waals surface area contributed by atoms with Crippen LogP contribution in [-0.2, 0) is 6.54 Å². The van der Waals surface area contributed by atoms with Gasteiger partial charge in [0.15, 0.2) is 0 Å². The molecular weight excluding hydrogens is 448 g/mol. The Kier molecular flexibility index (Phi) is 6.88. The van der Waals surface area contributed by atoms with E-state index in [1.54, 1.807) is 6.20 Å². The normalized spacial score (nSPS) is 14.9. The number of ether oxygens (including phenoxy) is 1. The molecule has 4 aromatic rings. The number of nitrogens with zero attached hydrogens (tertiary/aromatic N) is 4. The predicted molar refractivity (Wildman–Crippen MR) is 133 cm³/mol. The van der Waals surface area contributed by atoms with Gasteiger partial charge in [-0.25, -0.2) is 0 Å². The number of hydrogen-bond donors (Lipinski definition) is 0. The third kappa shape index (κ3) is 5.64. The fraction of sp³-hybridized carbons (Fsp3) is 0.296. The molecule has 34 heavy (non-hydrogen) atoms. The van der Waals surface area contributed by atoms with Gasteiger partial charge in [0.25, 0.3) is 5.89 Å². The molecule has 2 aromatic heterocycles. The Morgan fingerprint density at radius 1 is 1.03 bits per heavy atom. The van der Waals surface area contributed by atoms with Gasteiger partial charge in [-0.2, -0.15) is 4.98 Å². The molecule has 1 aliphatic heterocycles. The molecule has 0 N–H and O–H groups in total. The molecule has 0 amide bonds. The lowest BCUT2D eigenvalue weighted by Crippen LogP contribution is -2.35. The summed E-state index contributed by atoms with van der Waals surface area (Å²) in [6.45, 7) is 5.78. The van der Waals surface area contributed by atoms with Crippen molar-refractivity contribution in [1.29, 1.82) is 0 Å². The quantitative estimate of drug-likeness (QED) is 0.325. The second-order valence-corrected chi connectivity index (χ2v) is 9.23. The number of aromatic nitrogens is 3. The van der Waals surface area contributed by atoms with E-state index in [0.29, 0.717) is 24.2 Å². The van der Waals surface area contributed by atoms with Crippen molar-refractivity contribution in [2.45, 2.75) is 26.3 Å². The summed E-state index contributed by atoms with van der Waals surface area (Å²) >= 11 is 5.99. The number of hydrogen-bond acceptors (Lipinski definition) is 6. The highest BCUT2D eigenvalue weighted by molar-refractivity contribution is 6.30. The largest absolute Gasteiger partial charge is 0.493 e. The molecule has 0 spiro atoms. The van der Waals surface area contributed by atoms with Crippen LogP contribution in [0.1, 0.15) is 24.1 Å². The smallest absolute Gasteiger partial charge is 0.258 e. The van der Waals surface area contributed by atoms with E-state index in [0.717, 1.165) is 60.1 Å². The molecule has 1 aliphatic rings. The SMILES string of the molecule is Cc1ccc(-c2noc(-c3cccc(OCC4CCN(Cc5ccc(Cl)cc5)CC4)c3)n2)cn1. The van der Waals surface area contributed by atoms with E-state index < -0.39 is 0 Å². The zero-order valence-electron chi connectivity index (χ0n) is 19.2. The van der Waals surface area contributed by atoms with Crippen LogP contribution in [0, 0.1) is 12.8 Å². The Hall–Kier alpha value is -3.22. The first-order valence-corrected chi connectivity index (χ1v) is 12.0. The molecule has 0 radical (unpaired) electrons. The van der Waals surface area contributed by atoms with Crippen LogP contribution in [0.2, 0.25) is 5.02 Å². The van der Waals surface area contributed by atoms with Crippen molar-refractivity contribution in [2.24, 2.45) is 5.92 Å². The summed E-state index contributed by atoms with van der Waals surface area (Å²) in [5.41, 5.74) is 3.92. The monoisotopic (exact) mass is 474 g/mol. The summed E-state index contributed by atoms with van der Waals surface area (Å²) in [4.78, 5) is 11.3. The Morgan fingerprint density at radius 3 is 2.62 bits per heavy atom. The van der Waals surface area contributed by atoms with Crippen molar-refractivity contribution in [3.05, 3.63) is 83.1 Å². The number of likely N-dealkylation sites (tertiary alicyclic amines) is 1. The van der Waals surface area contributed by atoms with Gasteiger partial charge in [0.2, 0.25) is 5.82 Å². The average Bonchev–Trinajstić information content (AvgIpc) is 3.36. The lowest BCUT2D eigenvalue weighted by molar-refractivity contribution is 0.137. The van der Waals surface area contributed by atoms with Crippen LogP contribution in [0.25, 0.3) is 22.8 Å². The van der Waals surface area contributed by atoms with Crippen molar-refractivity contribution in [3.8, 4) is 28.6 Å². The Labute approximate surface area is 204 Å². The van der Waals surface area contributed by atoms with Gasteiger partial charge in [0.1, 0.15) is 5.75 Å². The summed E-state index contributed by atoms with van der Waals surface area (Å²) < 4.78 is 11.6.